The van der Waals surface area contributed by atoms with Crippen molar-refractivity contribution in [3.05, 3.63) is 21.9 Å². The summed E-state index contributed by atoms with van der Waals surface area (Å²) >= 11 is 1.71. The molecular weight excluding hydrogens is 222 g/mol. The highest BCUT2D eigenvalue weighted by atomic mass is 35.5. The first-order valence-corrected chi connectivity index (χ1v) is 5.05. The summed E-state index contributed by atoms with van der Waals surface area (Å²) in [6.07, 6.45) is 0.764. The van der Waals surface area contributed by atoms with E-state index in [1.165, 1.54) is 17.6 Å². The van der Waals surface area contributed by atoms with E-state index in [2.05, 4.69) is 21.5 Å². The lowest BCUT2D eigenvalue weighted by molar-refractivity contribution is -0.143. The molecular formula is C9H12ClNO2S. The van der Waals surface area contributed by atoms with Crippen LogP contribution in [0, 0.1) is 0 Å². The van der Waals surface area contributed by atoms with E-state index >= 15 is 0 Å². The van der Waals surface area contributed by atoms with E-state index in [1.807, 2.05) is 0 Å². The summed E-state index contributed by atoms with van der Waals surface area (Å²) in [5, 5.41) is 5.21. The predicted molar refractivity (Wildman–Crippen MR) is 57.9 cm³/mol. The van der Waals surface area contributed by atoms with Crippen LogP contribution < -0.4 is 5.32 Å². The smallest absolute Gasteiger partial charge is 0.323 e. The van der Waals surface area contributed by atoms with Gasteiger partial charge in [0.15, 0.2) is 0 Å². The van der Waals surface area contributed by atoms with E-state index in [-0.39, 0.29) is 24.4 Å². The van der Waals surface area contributed by atoms with Crippen LogP contribution in [0.5, 0.6) is 0 Å². The third-order valence-corrected chi connectivity index (χ3v) is 3.24. The van der Waals surface area contributed by atoms with Gasteiger partial charge in [0.2, 0.25) is 0 Å². The van der Waals surface area contributed by atoms with Gasteiger partial charge >= 0.3 is 5.97 Å². The third-order valence-electron chi connectivity index (χ3n) is 2.25. The fourth-order valence-corrected chi connectivity index (χ4v) is 2.45. The van der Waals surface area contributed by atoms with Crippen LogP contribution in [0.2, 0.25) is 0 Å². The molecule has 0 saturated heterocycles. The lowest BCUT2D eigenvalue weighted by Gasteiger charge is -2.21. The average molecular weight is 234 g/mol. The number of carbonyl (C=O) groups excluding carboxylic acids is 1. The highest BCUT2D eigenvalue weighted by Gasteiger charge is 2.25. The van der Waals surface area contributed by atoms with Crippen LogP contribution in [0.1, 0.15) is 10.4 Å². The van der Waals surface area contributed by atoms with Gasteiger partial charge in [0.05, 0.1) is 7.11 Å². The van der Waals surface area contributed by atoms with Crippen LogP contribution in [-0.4, -0.2) is 19.1 Å². The summed E-state index contributed by atoms with van der Waals surface area (Å²) in [7, 11) is 1.42. The van der Waals surface area contributed by atoms with Gasteiger partial charge in [0, 0.05) is 17.8 Å². The molecule has 5 heteroatoms. The molecule has 14 heavy (non-hydrogen) atoms. The van der Waals surface area contributed by atoms with Crippen LogP contribution in [-0.2, 0) is 22.5 Å². The molecule has 1 aromatic rings. The molecule has 1 atom stereocenters. The zero-order valence-electron chi connectivity index (χ0n) is 7.78. The number of hydrogen-bond acceptors (Lipinski definition) is 4. The normalized spacial score (nSPS) is 19.4. The monoisotopic (exact) mass is 233 g/mol. The van der Waals surface area contributed by atoms with Gasteiger partial charge in [-0.3, -0.25) is 10.1 Å². The number of carbonyl (C=O) groups is 1. The van der Waals surface area contributed by atoms with Crippen molar-refractivity contribution in [2.75, 3.05) is 7.11 Å². The minimum atomic E-state index is -0.168. The van der Waals surface area contributed by atoms with Crippen LogP contribution in [0.25, 0.3) is 0 Å². The van der Waals surface area contributed by atoms with E-state index in [0.29, 0.717) is 0 Å². The maximum atomic E-state index is 11.2. The highest BCUT2D eigenvalue weighted by molar-refractivity contribution is 7.10. The largest absolute Gasteiger partial charge is 0.468 e. The zero-order valence-corrected chi connectivity index (χ0v) is 9.41. The van der Waals surface area contributed by atoms with Crippen molar-refractivity contribution in [1.82, 2.24) is 5.32 Å². The van der Waals surface area contributed by atoms with Gasteiger partial charge in [-0.2, -0.15) is 0 Å². The molecule has 78 valence electrons. The molecule has 0 aliphatic carbocycles. The van der Waals surface area contributed by atoms with Gasteiger partial charge < -0.3 is 4.74 Å². The first kappa shape index (κ1) is 11.5. The van der Waals surface area contributed by atoms with Crippen molar-refractivity contribution in [3.8, 4) is 0 Å². The van der Waals surface area contributed by atoms with Gasteiger partial charge in [-0.15, -0.1) is 23.7 Å². The second kappa shape index (κ2) is 4.77. The fraction of sp³-hybridized carbons (Fsp3) is 0.444. The number of nitrogens with one attached hydrogen (secondary N) is 1. The Labute approximate surface area is 92.9 Å². The van der Waals surface area contributed by atoms with Crippen molar-refractivity contribution in [2.24, 2.45) is 0 Å². The molecule has 2 rings (SSSR count). The minimum absolute atomic E-state index is 0. The van der Waals surface area contributed by atoms with Crippen molar-refractivity contribution in [2.45, 2.75) is 19.0 Å². The fourth-order valence-electron chi connectivity index (χ4n) is 1.50. The van der Waals surface area contributed by atoms with Crippen molar-refractivity contribution < 1.29 is 9.53 Å². The number of thiophene rings is 1. The van der Waals surface area contributed by atoms with Crippen molar-refractivity contribution in [3.63, 3.8) is 0 Å². The molecule has 2 heterocycles. The number of fused-ring (bicyclic) bond motifs is 1. The molecule has 0 spiro atoms. The van der Waals surface area contributed by atoms with Gasteiger partial charge in [-0.25, -0.2) is 0 Å². The molecule has 1 N–H and O–H groups in total. The molecule has 0 saturated carbocycles. The van der Waals surface area contributed by atoms with Crippen LogP contribution in [0.3, 0.4) is 0 Å². The SMILES string of the molecule is COC(=O)[C@@H]1Cc2sccc2CN1.Cl. The molecule has 0 bridgehead atoms. The Morgan fingerprint density at radius 3 is 3.21 bits per heavy atom. The third kappa shape index (κ3) is 2.08. The second-order valence-electron chi connectivity index (χ2n) is 3.03. The van der Waals surface area contributed by atoms with Crippen LogP contribution in [0.15, 0.2) is 11.4 Å². The Bertz CT molecular complexity index is 326. The Morgan fingerprint density at radius 1 is 1.71 bits per heavy atom. The molecule has 1 aliphatic heterocycles. The topological polar surface area (TPSA) is 38.3 Å². The summed E-state index contributed by atoms with van der Waals surface area (Å²) < 4.78 is 4.68. The Morgan fingerprint density at radius 2 is 2.50 bits per heavy atom. The molecule has 0 aromatic carbocycles. The number of hydrogen-bond donors (Lipinski definition) is 1. The Hall–Kier alpha value is -0.580. The van der Waals surface area contributed by atoms with Gasteiger partial charge in [0.25, 0.3) is 0 Å². The highest BCUT2D eigenvalue weighted by Crippen LogP contribution is 2.22. The number of esters is 1. The average Bonchev–Trinajstić information content (AvgIpc) is 2.63. The van der Waals surface area contributed by atoms with Crippen molar-refractivity contribution >= 4 is 29.7 Å². The number of methoxy groups -OCH3 is 1. The van der Waals surface area contributed by atoms with Crippen LogP contribution in [0.4, 0.5) is 0 Å². The number of halogens is 1. The molecule has 0 radical (unpaired) electrons. The Balaban J connectivity index is 0.000000980. The van der Waals surface area contributed by atoms with E-state index in [4.69, 9.17) is 0 Å². The lowest BCUT2D eigenvalue weighted by atomic mass is 10.1. The van der Waals surface area contributed by atoms with Gasteiger partial charge in [-0.05, 0) is 17.0 Å². The van der Waals surface area contributed by atoms with E-state index < -0.39 is 0 Å². The van der Waals surface area contributed by atoms with Crippen LogP contribution >= 0.6 is 23.7 Å². The molecule has 1 aromatic heterocycles. The van der Waals surface area contributed by atoms with E-state index in [1.54, 1.807) is 11.3 Å². The maximum Gasteiger partial charge on any atom is 0.323 e. The maximum absolute atomic E-state index is 11.2. The number of ether oxygens (including phenoxy) is 1. The molecule has 0 unspecified atom stereocenters. The second-order valence-corrected chi connectivity index (χ2v) is 4.03. The summed E-state index contributed by atoms with van der Waals surface area (Å²) in [6.45, 7) is 0.776. The zero-order chi connectivity index (χ0) is 9.26. The number of rotatable bonds is 1. The quantitative estimate of drug-likeness (QED) is 0.745. The van der Waals surface area contributed by atoms with Crippen molar-refractivity contribution in [1.29, 1.82) is 0 Å². The van der Waals surface area contributed by atoms with Gasteiger partial charge in [-0.1, -0.05) is 0 Å². The molecule has 1 aliphatic rings. The summed E-state index contributed by atoms with van der Waals surface area (Å²) in [5.41, 5.74) is 1.31. The summed E-state index contributed by atoms with van der Waals surface area (Å²) in [6, 6.07) is 1.94. The van der Waals surface area contributed by atoms with E-state index in [0.717, 1.165) is 13.0 Å². The predicted octanol–water partition coefficient (Wildman–Crippen LogP) is 1.36. The molecule has 0 amide bonds. The molecule has 0 fully saturated rings. The first-order chi connectivity index (χ1) is 6.31. The minimum Gasteiger partial charge on any atom is -0.468 e. The molecule has 3 nitrogen and oxygen atoms in total. The summed E-state index contributed by atoms with van der Waals surface area (Å²) in [4.78, 5) is 12.5. The lowest BCUT2D eigenvalue weighted by Crippen LogP contribution is -2.41. The summed E-state index contributed by atoms with van der Waals surface area (Å²) in [5.74, 6) is -0.168. The van der Waals surface area contributed by atoms with E-state index in [9.17, 15) is 4.79 Å². The van der Waals surface area contributed by atoms with Gasteiger partial charge in [0.1, 0.15) is 6.04 Å². The Kier molecular flexibility index (Phi) is 3.92. The first-order valence-electron chi connectivity index (χ1n) is 4.17. The standard InChI is InChI=1S/C9H11NO2S.ClH/c1-12-9(11)7-4-8-6(5-10-7)2-3-13-8;/h2-3,7,10H,4-5H2,1H3;1H/t7-;/m0./s1.